The molecule has 3 N–H and O–H groups in total. The molecule has 2 amide bonds. The Morgan fingerprint density at radius 2 is 1.66 bits per heavy atom. The summed E-state index contributed by atoms with van der Waals surface area (Å²) in [7, 11) is 5.07. The van der Waals surface area contributed by atoms with Crippen LogP contribution in [-0.4, -0.2) is 48.7 Å². The number of methoxy groups -OCH3 is 1. The van der Waals surface area contributed by atoms with Gasteiger partial charge >= 0.3 is 0 Å². The Kier molecular flexibility index (Phi) is 7.41. The smallest absolute Gasteiger partial charge is 0.259 e. The average molecular weight is 543 g/mol. The van der Waals surface area contributed by atoms with Crippen LogP contribution in [0.5, 0.6) is 5.75 Å². The van der Waals surface area contributed by atoms with Crippen LogP contribution < -0.4 is 15.4 Å². The van der Waals surface area contributed by atoms with E-state index in [0.717, 1.165) is 3.57 Å². The van der Waals surface area contributed by atoms with Gasteiger partial charge in [0.05, 0.1) is 18.4 Å². The number of anilines is 2. The molecule has 32 heavy (non-hydrogen) atoms. The highest BCUT2D eigenvalue weighted by Crippen LogP contribution is 2.24. The van der Waals surface area contributed by atoms with Crippen LogP contribution >= 0.6 is 22.6 Å². The summed E-state index contributed by atoms with van der Waals surface area (Å²) in [5.41, 5.74) is 1.68. The lowest BCUT2D eigenvalue weighted by Gasteiger charge is -2.15. The van der Waals surface area contributed by atoms with E-state index in [-0.39, 0.29) is 11.5 Å². The first-order chi connectivity index (χ1) is 15.3. The van der Waals surface area contributed by atoms with Gasteiger partial charge in [-0.3, -0.25) is 15.0 Å². The van der Waals surface area contributed by atoms with Crippen LogP contribution in [0.3, 0.4) is 0 Å². The van der Waals surface area contributed by atoms with Crippen LogP contribution in [0, 0.1) is 8.98 Å². The van der Waals surface area contributed by atoms with Gasteiger partial charge in [-0.05, 0) is 65.1 Å². The van der Waals surface area contributed by atoms with Crippen molar-refractivity contribution in [1.82, 2.24) is 9.88 Å². The maximum atomic E-state index is 12.9. The van der Waals surface area contributed by atoms with E-state index in [2.05, 4.69) is 38.2 Å². The van der Waals surface area contributed by atoms with Crippen LogP contribution in [0.1, 0.15) is 26.3 Å². The van der Waals surface area contributed by atoms with E-state index in [1.807, 2.05) is 6.07 Å². The predicted molar refractivity (Wildman–Crippen MR) is 133 cm³/mol. The lowest BCUT2D eigenvalue weighted by molar-refractivity contribution is 0.102. The number of aromatic nitrogens is 1. The maximum absolute atomic E-state index is 12.9. The van der Waals surface area contributed by atoms with Crippen LogP contribution in [-0.2, 0) is 0 Å². The SMILES string of the molecule is COc1ccc(NC(=O)c2ccc(C(=N)N(C)C)cc2)c(C(=O)Nc2ccc(I)cn2)c1. The summed E-state index contributed by atoms with van der Waals surface area (Å²) in [6.45, 7) is 0. The van der Waals surface area contributed by atoms with Gasteiger partial charge in [-0.2, -0.15) is 0 Å². The molecule has 3 rings (SSSR count). The van der Waals surface area contributed by atoms with Gasteiger partial charge < -0.3 is 20.3 Å². The normalized spacial score (nSPS) is 10.2. The molecule has 0 aliphatic rings. The molecule has 0 aliphatic carbocycles. The maximum Gasteiger partial charge on any atom is 0.259 e. The number of nitrogens with one attached hydrogen (secondary N) is 3. The van der Waals surface area contributed by atoms with Crippen molar-refractivity contribution in [3.05, 3.63) is 81.1 Å². The fourth-order valence-electron chi connectivity index (χ4n) is 2.81. The van der Waals surface area contributed by atoms with Gasteiger partial charge in [0.1, 0.15) is 17.4 Å². The minimum atomic E-state index is -0.428. The van der Waals surface area contributed by atoms with Crippen LogP contribution in [0.2, 0.25) is 0 Å². The third-order valence-electron chi connectivity index (χ3n) is 4.56. The summed E-state index contributed by atoms with van der Waals surface area (Å²) in [5, 5.41) is 13.5. The number of carbonyl (C=O) groups is 2. The van der Waals surface area contributed by atoms with Gasteiger partial charge in [0.25, 0.3) is 11.8 Å². The van der Waals surface area contributed by atoms with Crippen molar-refractivity contribution in [3.8, 4) is 5.75 Å². The molecule has 3 aromatic rings. The van der Waals surface area contributed by atoms with E-state index in [1.165, 1.54) is 7.11 Å². The molecule has 0 aliphatic heterocycles. The van der Waals surface area contributed by atoms with Gasteiger partial charge in [-0.1, -0.05) is 12.1 Å². The molecule has 164 valence electrons. The Bertz CT molecular complexity index is 1150. The highest BCUT2D eigenvalue weighted by atomic mass is 127. The molecule has 0 bridgehead atoms. The lowest BCUT2D eigenvalue weighted by atomic mass is 10.1. The monoisotopic (exact) mass is 543 g/mol. The molecular weight excluding hydrogens is 521 g/mol. The molecule has 0 saturated heterocycles. The molecule has 9 heteroatoms. The van der Waals surface area contributed by atoms with Crippen molar-refractivity contribution in [2.45, 2.75) is 0 Å². The van der Waals surface area contributed by atoms with Crippen molar-refractivity contribution in [1.29, 1.82) is 5.41 Å². The summed E-state index contributed by atoms with van der Waals surface area (Å²) in [6, 6.07) is 15.1. The Morgan fingerprint density at radius 1 is 0.969 bits per heavy atom. The molecule has 0 fully saturated rings. The third-order valence-corrected chi connectivity index (χ3v) is 5.19. The van der Waals surface area contributed by atoms with Crippen LogP contribution in [0.15, 0.2) is 60.8 Å². The molecule has 2 aromatic carbocycles. The number of rotatable bonds is 6. The number of halogens is 1. The van der Waals surface area contributed by atoms with E-state index >= 15 is 0 Å². The number of hydrogen-bond donors (Lipinski definition) is 3. The average Bonchev–Trinajstić information content (AvgIpc) is 2.80. The first-order valence-corrected chi connectivity index (χ1v) is 10.6. The van der Waals surface area contributed by atoms with E-state index in [0.29, 0.717) is 34.2 Å². The van der Waals surface area contributed by atoms with Gasteiger partial charge in [-0.15, -0.1) is 0 Å². The molecule has 0 spiro atoms. The predicted octanol–water partition coefficient (Wildman–Crippen LogP) is 4.09. The molecule has 0 radical (unpaired) electrons. The van der Waals surface area contributed by atoms with E-state index in [4.69, 9.17) is 10.1 Å². The number of benzene rings is 2. The first-order valence-electron chi connectivity index (χ1n) is 9.57. The molecule has 0 saturated carbocycles. The Balaban J connectivity index is 1.82. The quantitative estimate of drug-likeness (QED) is 0.247. The van der Waals surface area contributed by atoms with Gasteiger partial charge in [0.2, 0.25) is 0 Å². The second kappa shape index (κ2) is 10.2. The number of amides is 2. The Hall–Kier alpha value is -3.47. The fourth-order valence-corrected chi connectivity index (χ4v) is 3.13. The second-order valence-electron chi connectivity index (χ2n) is 7.00. The van der Waals surface area contributed by atoms with Crippen molar-refractivity contribution in [3.63, 3.8) is 0 Å². The minimum Gasteiger partial charge on any atom is -0.497 e. The van der Waals surface area contributed by atoms with Gasteiger partial charge in [0, 0.05) is 35.0 Å². The Labute approximate surface area is 199 Å². The molecule has 8 nitrogen and oxygen atoms in total. The molecule has 1 aromatic heterocycles. The number of amidine groups is 1. The standard InChI is InChI=1S/C23H22IN5O3/c1-29(2)21(25)14-4-6-15(7-5-14)22(30)27-19-10-9-17(32-3)12-18(19)23(31)28-20-11-8-16(24)13-26-20/h4-13,25H,1-3H3,(H,27,30)(H,26,28,31). The zero-order valence-electron chi connectivity index (χ0n) is 17.8. The van der Waals surface area contributed by atoms with E-state index in [1.54, 1.807) is 73.7 Å². The minimum absolute atomic E-state index is 0.240. The number of ether oxygens (including phenoxy) is 1. The van der Waals surface area contributed by atoms with Gasteiger partial charge in [0.15, 0.2) is 0 Å². The van der Waals surface area contributed by atoms with E-state index < -0.39 is 5.91 Å². The van der Waals surface area contributed by atoms with E-state index in [9.17, 15) is 9.59 Å². The summed E-state index contributed by atoms with van der Waals surface area (Å²) >= 11 is 2.13. The Morgan fingerprint density at radius 3 is 2.25 bits per heavy atom. The molecule has 0 unspecified atom stereocenters. The summed E-state index contributed by atoms with van der Waals surface area (Å²) in [5.74, 6) is 0.419. The number of nitrogens with zero attached hydrogens (tertiary/aromatic N) is 2. The molecular formula is C23H22IN5O3. The summed E-state index contributed by atoms with van der Waals surface area (Å²) < 4.78 is 6.18. The number of hydrogen-bond acceptors (Lipinski definition) is 5. The summed E-state index contributed by atoms with van der Waals surface area (Å²) in [4.78, 5) is 31.6. The zero-order chi connectivity index (χ0) is 23.3. The summed E-state index contributed by atoms with van der Waals surface area (Å²) in [6.07, 6.45) is 1.64. The van der Waals surface area contributed by atoms with Crippen molar-refractivity contribution < 1.29 is 14.3 Å². The highest BCUT2D eigenvalue weighted by molar-refractivity contribution is 14.1. The van der Waals surface area contributed by atoms with Crippen molar-refractivity contribution >= 4 is 51.7 Å². The number of carbonyl (C=O) groups excluding carboxylic acids is 2. The number of pyridine rings is 1. The largest absolute Gasteiger partial charge is 0.497 e. The second-order valence-corrected chi connectivity index (χ2v) is 8.25. The molecule has 0 atom stereocenters. The third kappa shape index (κ3) is 5.61. The fraction of sp³-hybridized carbons (Fsp3) is 0.130. The lowest BCUT2D eigenvalue weighted by Crippen LogP contribution is -2.22. The van der Waals surface area contributed by atoms with Crippen LogP contribution in [0.25, 0.3) is 0 Å². The first kappa shape index (κ1) is 23.2. The van der Waals surface area contributed by atoms with Crippen LogP contribution in [0.4, 0.5) is 11.5 Å². The zero-order valence-corrected chi connectivity index (χ0v) is 19.9. The molecule has 1 heterocycles. The highest BCUT2D eigenvalue weighted by Gasteiger charge is 2.17. The van der Waals surface area contributed by atoms with Crippen molar-refractivity contribution in [2.24, 2.45) is 0 Å². The topological polar surface area (TPSA) is 107 Å². The van der Waals surface area contributed by atoms with Crippen molar-refractivity contribution in [2.75, 3.05) is 31.8 Å². The van der Waals surface area contributed by atoms with Gasteiger partial charge in [-0.25, -0.2) is 4.98 Å².